The molecule has 110 valence electrons. The number of carbonyl (C=O) groups is 1. The zero-order valence-corrected chi connectivity index (χ0v) is 11.8. The molecule has 1 aromatic rings. The third-order valence-electron chi connectivity index (χ3n) is 3.55. The van der Waals surface area contributed by atoms with E-state index >= 15 is 0 Å². The Balaban J connectivity index is 2.03. The maximum atomic E-state index is 12.1. The fourth-order valence-corrected chi connectivity index (χ4v) is 2.41. The first-order chi connectivity index (χ1) is 9.70. The molecule has 1 aliphatic rings. The van der Waals surface area contributed by atoms with Crippen molar-refractivity contribution >= 4 is 5.91 Å². The van der Waals surface area contributed by atoms with Crippen molar-refractivity contribution in [2.45, 2.75) is 44.7 Å². The second-order valence-corrected chi connectivity index (χ2v) is 5.08. The fourth-order valence-electron chi connectivity index (χ4n) is 2.41. The highest BCUT2D eigenvalue weighted by atomic mass is 16.5. The first-order valence-electron chi connectivity index (χ1n) is 7.08. The molecule has 0 atom stereocenters. The second kappa shape index (κ2) is 7.19. The van der Waals surface area contributed by atoms with Gasteiger partial charge in [0.2, 0.25) is 0 Å². The number of nitrogens with one attached hydrogen (secondary N) is 1. The summed E-state index contributed by atoms with van der Waals surface area (Å²) >= 11 is 0. The van der Waals surface area contributed by atoms with Crippen LogP contribution in [0.25, 0.3) is 0 Å². The summed E-state index contributed by atoms with van der Waals surface area (Å²) in [6.07, 6.45) is 5.61. The van der Waals surface area contributed by atoms with Crippen LogP contribution in [0.5, 0.6) is 0 Å². The van der Waals surface area contributed by atoms with E-state index in [1.807, 2.05) is 0 Å². The molecule has 1 aromatic heterocycles. The summed E-state index contributed by atoms with van der Waals surface area (Å²) < 4.78 is 6.19. The zero-order chi connectivity index (χ0) is 14.4. The number of methoxy groups -OCH3 is 1. The number of amides is 1. The Kier molecular flexibility index (Phi) is 5.29. The number of carbonyl (C=O) groups excluding carboxylic acids is 1. The van der Waals surface area contributed by atoms with Gasteiger partial charge >= 0.3 is 0 Å². The van der Waals surface area contributed by atoms with Gasteiger partial charge in [-0.25, -0.2) is 4.68 Å². The van der Waals surface area contributed by atoms with Crippen LogP contribution in [0, 0.1) is 0 Å². The molecule has 0 spiro atoms. The molecule has 0 aliphatic heterocycles. The second-order valence-electron chi connectivity index (χ2n) is 5.08. The first-order valence-corrected chi connectivity index (χ1v) is 7.08. The molecule has 2 rings (SSSR count). The minimum atomic E-state index is -0.226. The lowest BCUT2D eigenvalue weighted by molar-refractivity contribution is 0.0919. The van der Waals surface area contributed by atoms with E-state index in [0.29, 0.717) is 13.2 Å². The Morgan fingerprint density at radius 3 is 2.85 bits per heavy atom. The van der Waals surface area contributed by atoms with E-state index < -0.39 is 0 Å². The summed E-state index contributed by atoms with van der Waals surface area (Å²) in [7, 11) is 1.56. The van der Waals surface area contributed by atoms with Crippen LogP contribution in [-0.4, -0.2) is 35.4 Å². The summed E-state index contributed by atoms with van der Waals surface area (Å²) in [6.45, 7) is 0.737. The van der Waals surface area contributed by atoms with Crippen LogP contribution in [0.4, 0.5) is 0 Å². The highest BCUT2D eigenvalue weighted by Crippen LogP contribution is 2.17. The largest absolute Gasteiger partial charge is 0.383 e. The van der Waals surface area contributed by atoms with Gasteiger partial charge in [-0.3, -0.25) is 9.59 Å². The molecule has 0 unspecified atom stereocenters. The molecule has 0 radical (unpaired) electrons. The maximum Gasteiger partial charge on any atom is 0.271 e. The molecule has 1 fully saturated rings. The molecule has 1 saturated carbocycles. The molecule has 6 heteroatoms. The minimum absolute atomic E-state index is 0.205. The Bertz CT molecular complexity index is 507. The normalized spacial score (nSPS) is 16.1. The molecule has 0 aromatic carbocycles. The molecule has 1 N–H and O–H groups in total. The summed E-state index contributed by atoms with van der Waals surface area (Å²) in [4.78, 5) is 23.7. The van der Waals surface area contributed by atoms with Crippen molar-refractivity contribution in [3.8, 4) is 0 Å². The lowest BCUT2D eigenvalue weighted by atomic mass is 9.95. The van der Waals surface area contributed by atoms with Crippen molar-refractivity contribution < 1.29 is 9.53 Å². The summed E-state index contributed by atoms with van der Waals surface area (Å²) in [5.41, 5.74) is 0.0579. The average Bonchev–Trinajstić information content (AvgIpc) is 2.47. The van der Waals surface area contributed by atoms with Crippen molar-refractivity contribution in [3.63, 3.8) is 0 Å². The van der Waals surface area contributed by atoms with E-state index in [1.54, 1.807) is 7.11 Å². The quantitative estimate of drug-likeness (QED) is 0.871. The average molecular weight is 279 g/mol. The highest BCUT2D eigenvalue weighted by molar-refractivity contribution is 5.92. The zero-order valence-electron chi connectivity index (χ0n) is 11.8. The van der Waals surface area contributed by atoms with Gasteiger partial charge in [0.1, 0.15) is 5.69 Å². The lowest BCUT2D eigenvalue weighted by Gasteiger charge is -2.22. The molecule has 1 amide bonds. The van der Waals surface area contributed by atoms with Crippen LogP contribution in [0.3, 0.4) is 0 Å². The third kappa shape index (κ3) is 3.90. The summed E-state index contributed by atoms with van der Waals surface area (Å²) in [5.74, 6) is -0.205. The smallest absolute Gasteiger partial charge is 0.271 e. The van der Waals surface area contributed by atoms with Gasteiger partial charge < -0.3 is 10.1 Å². The molecular weight excluding hydrogens is 258 g/mol. The Morgan fingerprint density at radius 2 is 2.15 bits per heavy atom. The standard InChI is InChI=1S/C14H21N3O3/c1-20-10-9-17-13(18)8-7-12(16-17)14(19)15-11-5-3-2-4-6-11/h7-8,11H,2-6,9-10H2,1H3,(H,15,19). The van der Waals surface area contributed by atoms with E-state index in [1.165, 1.54) is 23.2 Å². The van der Waals surface area contributed by atoms with Crippen LogP contribution in [0.2, 0.25) is 0 Å². The van der Waals surface area contributed by atoms with Gasteiger partial charge in [-0.05, 0) is 18.9 Å². The van der Waals surface area contributed by atoms with Gasteiger partial charge in [0.05, 0.1) is 13.2 Å². The van der Waals surface area contributed by atoms with E-state index in [2.05, 4.69) is 10.4 Å². The molecule has 1 heterocycles. The predicted molar refractivity (Wildman–Crippen MR) is 74.7 cm³/mol. The van der Waals surface area contributed by atoms with Gasteiger partial charge in [-0.1, -0.05) is 19.3 Å². The van der Waals surface area contributed by atoms with Crippen LogP contribution in [0.15, 0.2) is 16.9 Å². The van der Waals surface area contributed by atoms with Crippen molar-refractivity contribution in [1.29, 1.82) is 0 Å². The lowest BCUT2D eigenvalue weighted by Crippen LogP contribution is -2.38. The topological polar surface area (TPSA) is 73.2 Å². The van der Waals surface area contributed by atoms with Gasteiger partial charge in [0.15, 0.2) is 0 Å². The van der Waals surface area contributed by atoms with Crippen molar-refractivity contribution in [2.24, 2.45) is 0 Å². The maximum absolute atomic E-state index is 12.1. The van der Waals surface area contributed by atoms with Crippen molar-refractivity contribution in [3.05, 3.63) is 28.2 Å². The van der Waals surface area contributed by atoms with Crippen LogP contribution < -0.4 is 10.9 Å². The Hall–Kier alpha value is -1.69. The Labute approximate surface area is 118 Å². The van der Waals surface area contributed by atoms with Crippen LogP contribution in [-0.2, 0) is 11.3 Å². The molecule has 1 aliphatic carbocycles. The van der Waals surface area contributed by atoms with E-state index in [4.69, 9.17) is 4.74 Å². The summed E-state index contributed by atoms with van der Waals surface area (Å²) in [5, 5.41) is 7.08. The number of nitrogens with zero attached hydrogens (tertiary/aromatic N) is 2. The molecule has 0 saturated heterocycles. The molecular formula is C14H21N3O3. The summed E-state index contributed by atoms with van der Waals surface area (Å²) in [6, 6.07) is 3.08. The van der Waals surface area contributed by atoms with E-state index in [0.717, 1.165) is 25.7 Å². The number of rotatable bonds is 5. The minimum Gasteiger partial charge on any atom is -0.383 e. The first kappa shape index (κ1) is 14.7. The third-order valence-corrected chi connectivity index (χ3v) is 3.55. The monoisotopic (exact) mass is 279 g/mol. The van der Waals surface area contributed by atoms with E-state index in [-0.39, 0.29) is 23.2 Å². The Morgan fingerprint density at radius 1 is 1.40 bits per heavy atom. The van der Waals surface area contributed by atoms with Crippen molar-refractivity contribution in [2.75, 3.05) is 13.7 Å². The molecule has 20 heavy (non-hydrogen) atoms. The van der Waals surface area contributed by atoms with Gasteiger partial charge in [-0.2, -0.15) is 5.10 Å². The van der Waals surface area contributed by atoms with Gasteiger partial charge in [0.25, 0.3) is 11.5 Å². The SMILES string of the molecule is COCCn1nc(C(=O)NC2CCCCC2)ccc1=O. The fraction of sp³-hybridized carbons (Fsp3) is 0.643. The van der Waals surface area contributed by atoms with Crippen LogP contribution in [0.1, 0.15) is 42.6 Å². The molecule has 0 bridgehead atoms. The highest BCUT2D eigenvalue weighted by Gasteiger charge is 2.17. The number of hydrogen-bond acceptors (Lipinski definition) is 4. The van der Waals surface area contributed by atoms with E-state index in [9.17, 15) is 9.59 Å². The van der Waals surface area contributed by atoms with Gasteiger partial charge in [-0.15, -0.1) is 0 Å². The molecule has 6 nitrogen and oxygen atoms in total. The van der Waals surface area contributed by atoms with Crippen LogP contribution >= 0.6 is 0 Å². The number of hydrogen-bond donors (Lipinski definition) is 1. The van der Waals surface area contributed by atoms with Crippen molar-refractivity contribution in [1.82, 2.24) is 15.1 Å². The number of ether oxygens (including phenoxy) is 1. The van der Waals surface area contributed by atoms with Gasteiger partial charge in [0, 0.05) is 19.2 Å². The number of aromatic nitrogens is 2. The predicted octanol–water partition coefficient (Wildman–Crippen LogP) is 0.952.